The van der Waals surface area contributed by atoms with Crippen LogP contribution < -0.4 is 4.74 Å². The van der Waals surface area contributed by atoms with Gasteiger partial charge in [0, 0.05) is 13.6 Å². The minimum Gasteiger partial charge on any atom is -0.497 e. The molecule has 0 aromatic heterocycles. The molecule has 4 nitrogen and oxygen atoms in total. The Kier molecular flexibility index (Phi) is 4.53. The summed E-state index contributed by atoms with van der Waals surface area (Å²) < 4.78 is 5.29. The fourth-order valence-electron chi connectivity index (χ4n) is 2.91. The molecule has 1 aliphatic rings. The predicted octanol–water partition coefficient (Wildman–Crippen LogP) is 2.62. The van der Waals surface area contributed by atoms with Crippen molar-refractivity contribution in [2.24, 2.45) is 5.92 Å². The van der Waals surface area contributed by atoms with E-state index in [9.17, 15) is 9.90 Å². The van der Waals surface area contributed by atoms with Crippen molar-refractivity contribution in [2.45, 2.75) is 25.4 Å². The molecule has 1 aliphatic carbocycles. The van der Waals surface area contributed by atoms with Gasteiger partial charge in [0.05, 0.1) is 19.6 Å². The molecule has 1 amide bonds. The average Bonchev–Trinajstić information content (AvgIpc) is 3.39. The molecule has 2 aromatic carbocycles. The molecule has 2 aromatic rings. The SMILES string of the molecule is COc1ccc2cccc(CC(=O)N(C)CC(O)C3CC3)c2c1. The highest BCUT2D eigenvalue weighted by atomic mass is 16.5. The van der Waals surface area contributed by atoms with E-state index in [0.29, 0.717) is 18.9 Å². The molecule has 0 saturated heterocycles. The second-order valence-corrected chi connectivity index (χ2v) is 6.36. The van der Waals surface area contributed by atoms with Crippen LogP contribution in [0.25, 0.3) is 10.8 Å². The summed E-state index contributed by atoms with van der Waals surface area (Å²) in [5.74, 6) is 1.20. The number of carbonyl (C=O) groups is 1. The number of likely N-dealkylation sites (N-methyl/N-ethyl adjacent to an activating group) is 1. The fraction of sp³-hybridized carbons (Fsp3) is 0.421. The molecule has 0 aliphatic heterocycles. The van der Waals surface area contributed by atoms with E-state index >= 15 is 0 Å². The standard InChI is InChI=1S/C19H23NO3/c1-20(12-18(21)14-6-7-14)19(22)10-15-5-3-4-13-8-9-16(23-2)11-17(13)15/h3-5,8-9,11,14,18,21H,6-7,10,12H2,1-2H3. The van der Waals surface area contributed by atoms with Crippen molar-refractivity contribution in [2.75, 3.05) is 20.7 Å². The van der Waals surface area contributed by atoms with Gasteiger partial charge in [-0.25, -0.2) is 0 Å². The molecule has 1 saturated carbocycles. The van der Waals surface area contributed by atoms with Gasteiger partial charge in [0.2, 0.25) is 5.91 Å². The van der Waals surface area contributed by atoms with Crippen LogP contribution in [0.4, 0.5) is 0 Å². The number of amides is 1. The van der Waals surface area contributed by atoms with E-state index in [0.717, 1.165) is 34.9 Å². The number of aliphatic hydroxyl groups excluding tert-OH is 1. The molecule has 1 atom stereocenters. The molecule has 1 unspecified atom stereocenters. The van der Waals surface area contributed by atoms with E-state index in [1.165, 1.54) is 0 Å². The second-order valence-electron chi connectivity index (χ2n) is 6.36. The molecule has 0 heterocycles. The molecule has 1 N–H and O–H groups in total. The lowest BCUT2D eigenvalue weighted by Crippen LogP contribution is -2.36. The van der Waals surface area contributed by atoms with Crippen LogP contribution in [0.3, 0.4) is 0 Å². The van der Waals surface area contributed by atoms with E-state index < -0.39 is 6.10 Å². The van der Waals surface area contributed by atoms with Gasteiger partial charge >= 0.3 is 0 Å². The second kappa shape index (κ2) is 6.59. The topological polar surface area (TPSA) is 49.8 Å². The predicted molar refractivity (Wildman–Crippen MR) is 90.6 cm³/mol. The van der Waals surface area contributed by atoms with Gasteiger partial charge in [-0.05, 0) is 47.2 Å². The van der Waals surface area contributed by atoms with Gasteiger partial charge in [-0.2, -0.15) is 0 Å². The van der Waals surface area contributed by atoms with Crippen molar-refractivity contribution >= 4 is 16.7 Å². The molecule has 4 heteroatoms. The number of rotatable bonds is 6. The maximum absolute atomic E-state index is 12.5. The monoisotopic (exact) mass is 313 g/mol. The Bertz CT molecular complexity index is 709. The number of hydrogen-bond donors (Lipinski definition) is 1. The fourth-order valence-corrected chi connectivity index (χ4v) is 2.91. The summed E-state index contributed by atoms with van der Waals surface area (Å²) in [5, 5.41) is 12.1. The zero-order chi connectivity index (χ0) is 16.4. The van der Waals surface area contributed by atoms with Crippen LogP contribution >= 0.6 is 0 Å². The normalized spacial score (nSPS) is 15.4. The van der Waals surface area contributed by atoms with E-state index in [-0.39, 0.29) is 5.91 Å². The first-order chi connectivity index (χ1) is 11.1. The summed E-state index contributed by atoms with van der Waals surface area (Å²) in [4.78, 5) is 14.1. The van der Waals surface area contributed by atoms with Gasteiger partial charge in [-0.15, -0.1) is 0 Å². The van der Waals surface area contributed by atoms with Gasteiger partial charge in [0.25, 0.3) is 0 Å². The number of fused-ring (bicyclic) bond motifs is 1. The number of methoxy groups -OCH3 is 1. The average molecular weight is 313 g/mol. The lowest BCUT2D eigenvalue weighted by molar-refractivity contribution is -0.130. The van der Waals surface area contributed by atoms with E-state index in [2.05, 4.69) is 0 Å². The lowest BCUT2D eigenvalue weighted by atomic mass is 10.0. The van der Waals surface area contributed by atoms with Crippen molar-refractivity contribution in [3.8, 4) is 5.75 Å². The third-order valence-electron chi connectivity index (χ3n) is 4.57. The van der Waals surface area contributed by atoms with E-state index in [1.54, 1.807) is 19.1 Å². The highest BCUT2D eigenvalue weighted by Gasteiger charge is 2.31. The van der Waals surface area contributed by atoms with Crippen molar-refractivity contribution in [3.05, 3.63) is 42.0 Å². The first kappa shape index (κ1) is 15.8. The number of hydrogen-bond acceptors (Lipinski definition) is 3. The third-order valence-corrected chi connectivity index (χ3v) is 4.57. The number of carbonyl (C=O) groups excluding carboxylic acids is 1. The summed E-state index contributed by atoms with van der Waals surface area (Å²) in [5.41, 5.74) is 0.985. The summed E-state index contributed by atoms with van der Waals surface area (Å²) in [6.07, 6.45) is 2.09. The molecule has 0 spiro atoms. The molecule has 0 bridgehead atoms. The summed E-state index contributed by atoms with van der Waals surface area (Å²) in [7, 11) is 3.40. The quantitative estimate of drug-likeness (QED) is 0.892. The molecule has 3 rings (SSSR count). The highest BCUT2D eigenvalue weighted by Crippen LogP contribution is 2.32. The van der Waals surface area contributed by atoms with Gasteiger partial charge < -0.3 is 14.7 Å². The molecular weight excluding hydrogens is 290 g/mol. The third kappa shape index (κ3) is 3.64. The van der Waals surface area contributed by atoms with Crippen LogP contribution in [0.2, 0.25) is 0 Å². The van der Waals surface area contributed by atoms with Crippen LogP contribution in [0.1, 0.15) is 18.4 Å². The minimum absolute atomic E-state index is 0.0278. The Balaban J connectivity index is 1.75. The largest absolute Gasteiger partial charge is 0.497 e. The number of benzene rings is 2. The maximum atomic E-state index is 12.5. The highest BCUT2D eigenvalue weighted by molar-refractivity contribution is 5.91. The van der Waals surface area contributed by atoms with Crippen molar-refractivity contribution in [1.29, 1.82) is 0 Å². The molecule has 23 heavy (non-hydrogen) atoms. The van der Waals surface area contributed by atoms with Crippen molar-refractivity contribution < 1.29 is 14.6 Å². The summed E-state index contributed by atoms with van der Waals surface area (Å²) >= 11 is 0. The summed E-state index contributed by atoms with van der Waals surface area (Å²) in [6.45, 7) is 0.414. The molecule has 122 valence electrons. The Morgan fingerprint density at radius 2 is 2.13 bits per heavy atom. The Hall–Kier alpha value is -2.07. The number of aliphatic hydroxyl groups is 1. The molecule has 1 fully saturated rings. The van der Waals surface area contributed by atoms with Crippen LogP contribution in [-0.4, -0.2) is 42.7 Å². The lowest BCUT2D eigenvalue weighted by Gasteiger charge is -2.21. The smallest absolute Gasteiger partial charge is 0.226 e. The van der Waals surface area contributed by atoms with Crippen molar-refractivity contribution in [1.82, 2.24) is 4.90 Å². The first-order valence-corrected chi connectivity index (χ1v) is 8.06. The Morgan fingerprint density at radius 1 is 1.35 bits per heavy atom. The first-order valence-electron chi connectivity index (χ1n) is 8.06. The van der Waals surface area contributed by atoms with E-state index in [1.807, 2.05) is 36.4 Å². The van der Waals surface area contributed by atoms with Gasteiger partial charge in [0.15, 0.2) is 0 Å². The zero-order valence-electron chi connectivity index (χ0n) is 13.7. The van der Waals surface area contributed by atoms with Crippen LogP contribution in [-0.2, 0) is 11.2 Å². The maximum Gasteiger partial charge on any atom is 0.226 e. The van der Waals surface area contributed by atoms with Gasteiger partial charge in [0.1, 0.15) is 5.75 Å². The molecular formula is C19H23NO3. The Morgan fingerprint density at radius 3 is 2.83 bits per heavy atom. The minimum atomic E-state index is -0.392. The zero-order valence-corrected chi connectivity index (χ0v) is 13.7. The summed E-state index contributed by atoms with van der Waals surface area (Å²) in [6, 6.07) is 11.9. The van der Waals surface area contributed by atoms with Crippen molar-refractivity contribution in [3.63, 3.8) is 0 Å². The number of nitrogens with zero attached hydrogens (tertiary/aromatic N) is 1. The van der Waals surface area contributed by atoms with Crippen LogP contribution in [0.5, 0.6) is 5.75 Å². The number of ether oxygens (including phenoxy) is 1. The van der Waals surface area contributed by atoms with Gasteiger partial charge in [-0.3, -0.25) is 4.79 Å². The molecule has 0 radical (unpaired) electrons. The Labute approximate surface area is 136 Å². The van der Waals surface area contributed by atoms with E-state index in [4.69, 9.17) is 4.74 Å². The van der Waals surface area contributed by atoms with Gasteiger partial charge in [-0.1, -0.05) is 24.3 Å². The van der Waals surface area contributed by atoms with Crippen LogP contribution in [0.15, 0.2) is 36.4 Å². The van der Waals surface area contributed by atoms with Crippen LogP contribution in [0, 0.1) is 5.92 Å².